The van der Waals surface area contributed by atoms with Gasteiger partial charge in [0.25, 0.3) is 0 Å². The number of benzene rings is 2. The summed E-state index contributed by atoms with van der Waals surface area (Å²) < 4.78 is 45.7. The lowest BCUT2D eigenvalue weighted by atomic mass is 10.1. The Morgan fingerprint density at radius 2 is 1.93 bits per heavy atom. The monoisotopic (exact) mass is 466 g/mol. The van der Waals surface area contributed by atoms with Gasteiger partial charge in [0.15, 0.2) is 0 Å². The number of alkyl halides is 3. The van der Waals surface area contributed by atoms with Crippen LogP contribution in [0.4, 0.5) is 24.8 Å². The van der Waals surface area contributed by atoms with E-state index in [0.29, 0.717) is 15.7 Å². The summed E-state index contributed by atoms with van der Waals surface area (Å²) in [4.78, 5) is 8.73. The molecule has 29 heavy (non-hydrogen) atoms. The first-order valence-electron chi connectivity index (χ1n) is 9.16. The average Bonchev–Trinajstić information content (AvgIpc) is 2.68. The maximum atomic E-state index is 13.1. The van der Waals surface area contributed by atoms with E-state index >= 15 is 0 Å². The van der Waals surface area contributed by atoms with E-state index in [9.17, 15) is 13.2 Å². The molecule has 4 rings (SSSR count). The normalized spacial score (nSPS) is 15.4. The summed E-state index contributed by atoms with van der Waals surface area (Å²) in [6.45, 7) is 1.81. The van der Waals surface area contributed by atoms with E-state index in [1.165, 1.54) is 0 Å². The van der Waals surface area contributed by atoms with Crippen molar-refractivity contribution in [1.82, 2.24) is 15.3 Å². The number of nitrogens with zero attached hydrogens (tertiary/aromatic N) is 2. The van der Waals surface area contributed by atoms with Crippen molar-refractivity contribution in [3.05, 3.63) is 52.6 Å². The summed E-state index contributed by atoms with van der Waals surface area (Å²) in [5.74, 6) is 0.843. The first-order valence-corrected chi connectivity index (χ1v) is 9.96. The Morgan fingerprint density at radius 3 is 2.69 bits per heavy atom. The predicted octanol–water partition coefficient (Wildman–Crippen LogP) is 5.29. The van der Waals surface area contributed by atoms with Gasteiger partial charge in [-0.15, -0.1) is 0 Å². The summed E-state index contributed by atoms with van der Waals surface area (Å²) >= 11 is 3.12. The zero-order valence-corrected chi connectivity index (χ0v) is 16.8. The van der Waals surface area contributed by atoms with E-state index in [2.05, 4.69) is 36.5 Å². The smallest absolute Gasteiger partial charge is 0.416 e. The van der Waals surface area contributed by atoms with Crippen LogP contribution in [0.1, 0.15) is 18.4 Å². The fourth-order valence-corrected chi connectivity index (χ4v) is 3.72. The molecule has 1 fully saturated rings. The summed E-state index contributed by atoms with van der Waals surface area (Å²) in [6.07, 6.45) is -0.897. The Balaban J connectivity index is 1.63. The Kier molecular flexibility index (Phi) is 5.60. The molecule has 0 amide bonds. The van der Waals surface area contributed by atoms with Crippen LogP contribution in [0.15, 0.2) is 47.1 Å². The van der Waals surface area contributed by atoms with Crippen molar-refractivity contribution < 1.29 is 17.9 Å². The predicted molar refractivity (Wildman–Crippen MR) is 108 cm³/mol. The van der Waals surface area contributed by atoms with E-state index in [-0.39, 0.29) is 17.7 Å². The molecule has 0 spiro atoms. The molecule has 152 valence electrons. The van der Waals surface area contributed by atoms with Crippen LogP contribution in [-0.2, 0) is 6.18 Å². The molecular weight excluding hydrogens is 449 g/mol. The molecular formula is C20H18BrF3N4O. The van der Waals surface area contributed by atoms with Crippen LogP contribution >= 0.6 is 15.9 Å². The van der Waals surface area contributed by atoms with Gasteiger partial charge in [0.2, 0.25) is 5.95 Å². The Bertz CT molecular complexity index is 1020. The summed E-state index contributed by atoms with van der Waals surface area (Å²) in [5.41, 5.74) is 0.0995. The van der Waals surface area contributed by atoms with E-state index in [1.54, 1.807) is 12.3 Å². The second kappa shape index (κ2) is 8.16. The topological polar surface area (TPSA) is 59.1 Å². The number of hydrogen-bond donors (Lipinski definition) is 2. The zero-order chi connectivity index (χ0) is 20.4. The quantitative estimate of drug-likeness (QED) is 0.547. The molecule has 0 saturated carbocycles. The number of anilines is 2. The van der Waals surface area contributed by atoms with Crippen LogP contribution in [0.25, 0.3) is 10.9 Å². The average molecular weight is 467 g/mol. The number of rotatable bonds is 4. The molecule has 2 aromatic carbocycles. The number of aromatic nitrogens is 2. The van der Waals surface area contributed by atoms with Crippen LogP contribution < -0.4 is 15.4 Å². The Labute approximate surface area is 173 Å². The fourth-order valence-electron chi connectivity index (χ4n) is 3.23. The Hall–Kier alpha value is -2.39. The maximum Gasteiger partial charge on any atom is 0.416 e. The highest BCUT2D eigenvalue weighted by Gasteiger charge is 2.31. The lowest BCUT2D eigenvalue weighted by Gasteiger charge is -2.24. The lowest BCUT2D eigenvalue weighted by molar-refractivity contribution is -0.137. The third-order valence-electron chi connectivity index (χ3n) is 4.63. The molecule has 1 aromatic heterocycles. The van der Waals surface area contributed by atoms with Gasteiger partial charge in [-0.3, -0.25) is 0 Å². The van der Waals surface area contributed by atoms with E-state index in [1.807, 2.05) is 18.2 Å². The molecule has 0 aliphatic carbocycles. The standard InChI is InChI=1S/C20H18BrF3N4O/c21-14-8-13(20(22,23)24)9-15(10-14)27-19-26-11-12-2-1-3-17(18(12)28-19)29-16-4-6-25-7-5-16/h1-3,8-11,16,25H,4-7H2,(H,26,27,28). The van der Waals surface area contributed by atoms with E-state index in [4.69, 9.17) is 4.74 Å². The molecule has 5 nitrogen and oxygen atoms in total. The molecule has 9 heteroatoms. The molecule has 3 aromatic rings. The van der Waals surface area contributed by atoms with Crippen LogP contribution in [0.5, 0.6) is 5.75 Å². The minimum atomic E-state index is -4.44. The van der Waals surface area contributed by atoms with Crippen molar-refractivity contribution in [2.45, 2.75) is 25.1 Å². The van der Waals surface area contributed by atoms with Crippen molar-refractivity contribution in [3.63, 3.8) is 0 Å². The first-order chi connectivity index (χ1) is 13.9. The number of ether oxygens (including phenoxy) is 1. The molecule has 0 atom stereocenters. The fraction of sp³-hybridized carbons (Fsp3) is 0.300. The van der Waals surface area contributed by atoms with Crippen LogP contribution in [0, 0.1) is 0 Å². The molecule has 0 radical (unpaired) electrons. The van der Waals surface area contributed by atoms with Gasteiger partial charge in [-0.25, -0.2) is 9.97 Å². The molecule has 0 unspecified atom stereocenters. The van der Waals surface area contributed by atoms with Crippen molar-refractivity contribution in [2.24, 2.45) is 0 Å². The number of para-hydroxylation sites is 1. The van der Waals surface area contributed by atoms with E-state index < -0.39 is 11.7 Å². The Morgan fingerprint density at radius 1 is 1.14 bits per heavy atom. The number of halogens is 4. The second-order valence-electron chi connectivity index (χ2n) is 6.81. The molecule has 2 N–H and O–H groups in total. The van der Waals surface area contributed by atoms with Crippen LogP contribution in [0.2, 0.25) is 0 Å². The van der Waals surface area contributed by atoms with Gasteiger partial charge in [-0.1, -0.05) is 28.1 Å². The molecule has 1 aliphatic heterocycles. The van der Waals surface area contributed by atoms with Gasteiger partial charge in [0.05, 0.1) is 5.56 Å². The highest BCUT2D eigenvalue weighted by molar-refractivity contribution is 9.10. The van der Waals surface area contributed by atoms with Gasteiger partial charge in [-0.05, 0) is 50.2 Å². The number of piperidine rings is 1. The number of fused-ring (bicyclic) bond motifs is 1. The van der Waals surface area contributed by atoms with Gasteiger partial charge < -0.3 is 15.4 Å². The maximum absolute atomic E-state index is 13.1. The first kappa shape index (κ1) is 19.9. The highest BCUT2D eigenvalue weighted by Crippen LogP contribution is 2.34. The summed E-state index contributed by atoms with van der Waals surface area (Å²) in [5, 5.41) is 6.95. The minimum absolute atomic E-state index is 0.104. The lowest BCUT2D eigenvalue weighted by Crippen LogP contribution is -2.34. The molecule has 1 saturated heterocycles. The SMILES string of the molecule is FC(F)(F)c1cc(Br)cc(Nc2ncc3cccc(OC4CCNCC4)c3n2)c1. The second-order valence-corrected chi connectivity index (χ2v) is 7.72. The van der Waals surface area contributed by atoms with Gasteiger partial charge in [-0.2, -0.15) is 13.2 Å². The third kappa shape index (κ3) is 4.79. The van der Waals surface area contributed by atoms with Crippen molar-refractivity contribution in [2.75, 3.05) is 18.4 Å². The largest absolute Gasteiger partial charge is 0.488 e. The van der Waals surface area contributed by atoms with Crippen molar-refractivity contribution in [1.29, 1.82) is 0 Å². The van der Waals surface area contributed by atoms with Gasteiger partial charge in [0.1, 0.15) is 17.4 Å². The molecule has 2 heterocycles. The minimum Gasteiger partial charge on any atom is -0.488 e. The molecule has 1 aliphatic rings. The zero-order valence-electron chi connectivity index (χ0n) is 15.3. The van der Waals surface area contributed by atoms with Crippen molar-refractivity contribution in [3.8, 4) is 5.75 Å². The van der Waals surface area contributed by atoms with E-state index in [0.717, 1.165) is 43.5 Å². The highest BCUT2D eigenvalue weighted by atomic mass is 79.9. The third-order valence-corrected chi connectivity index (χ3v) is 5.09. The molecule has 0 bridgehead atoms. The summed E-state index contributed by atoms with van der Waals surface area (Å²) in [6, 6.07) is 9.18. The van der Waals surface area contributed by atoms with Crippen molar-refractivity contribution >= 4 is 38.5 Å². The van der Waals surface area contributed by atoms with Crippen LogP contribution in [0.3, 0.4) is 0 Å². The summed E-state index contributed by atoms with van der Waals surface area (Å²) in [7, 11) is 0. The van der Waals surface area contributed by atoms with Gasteiger partial charge >= 0.3 is 6.18 Å². The van der Waals surface area contributed by atoms with Gasteiger partial charge in [0, 0.05) is 21.7 Å². The number of hydrogen-bond acceptors (Lipinski definition) is 5. The van der Waals surface area contributed by atoms with Crippen LogP contribution in [-0.4, -0.2) is 29.2 Å². The number of nitrogens with one attached hydrogen (secondary N) is 2.